The molecule has 0 saturated heterocycles. The van der Waals surface area contributed by atoms with Crippen molar-refractivity contribution in [3.8, 4) is 0 Å². The number of hydrogen-bond donors (Lipinski definition) is 2. The smallest absolute Gasteiger partial charge is 0.358 e. The Morgan fingerprint density at radius 3 is 2.52 bits per heavy atom. The van der Waals surface area contributed by atoms with Gasteiger partial charge in [-0.05, 0) is 18.9 Å². The van der Waals surface area contributed by atoms with Gasteiger partial charge in [0.25, 0.3) is 0 Å². The molecule has 1 aromatic carbocycles. The van der Waals surface area contributed by atoms with Gasteiger partial charge in [-0.1, -0.05) is 43.9 Å². The SMILES string of the molecule is O=C(O)c1nnc2ccccc2c1NC1CCCCCC1. The summed E-state index contributed by atoms with van der Waals surface area (Å²) in [5.74, 6) is -1.04. The van der Waals surface area contributed by atoms with Gasteiger partial charge < -0.3 is 10.4 Å². The molecule has 0 spiro atoms. The lowest BCUT2D eigenvalue weighted by Gasteiger charge is -2.19. The fourth-order valence-electron chi connectivity index (χ4n) is 2.98. The molecule has 0 amide bonds. The van der Waals surface area contributed by atoms with Crippen LogP contribution in [0.3, 0.4) is 0 Å². The third-order valence-corrected chi connectivity index (χ3v) is 4.07. The van der Waals surface area contributed by atoms with E-state index < -0.39 is 5.97 Å². The molecule has 0 unspecified atom stereocenters. The van der Waals surface area contributed by atoms with Crippen LogP contribution in [0.25, 0.3) is 10.9 Å². The number of anilines is 1. The van der Waals surface area contributed by atoms with Gasteiger partial charge in [0.05, 0.1) is 11.2 Å². The van der Waals surface area contributed by atoms with Crippen LogP contribution >= 0.6 is 0 Å². The van der Waals surface area contributed by atoms with Gasteiger partial charge in [0.1, 0.15) is 0 Å². The molecule has 0 bridgehead atoms. The Morgan fingerprint density at radius 2 is 1.81 bits per heavy atom. The number of nitrogens with one attached hydrogen (secondary N) is 1. The number of carboxylic acids is 1. The lowest BCUT2D eigenvalue weighted by Crippen LogP contribution is -2.21. The van der Waals surface area contributed by atoms with Crippen molar-refractivity contribution in [3.63, 3.8) is 0 Å². The summed E-state index contributed by atoms with van der Waals surface area (Å²) >= 11 is 0. The summed E-state index contributed by atoms with van der Waals surface area (Å²) in [6.07, 6.45) is 7.07. The molecule has 1 aliphatic carbocycles. The quantitative estimate of drug-likeness (QED) is 0.845. The van der Waals surface area contributed by atoms with Crippen molar-refractivity contribution in [2.24, 2.45) is 0 Å². The van der Waals surface area contributed by atoms with Gasteiger partial charge in [-0.15, -0.1) is 10.2 Å². The first-order valence-electron chi connectivity index (χ1n) is 7.51. The maximum atomic E-state index is 11.4. The van der Waals surface area contributed by atoms with Crippen LogP contribution in [0.5, 0.6) is 0 Å². The minimum atomic E-state index is -1.04. The number of carbonyl (C=O) groups is 1. The van der Waals surface area contributed by atoms with E-state index >= 15 is 0 Å². The highest BCUT2D eigenvalue weighted by Gasteiger charge is 2.20. The van der Waals surface area contributed by atoms with Crippen molar-refractivity contribution in [3.05, 3.63) is 30.0 Å². The fourth-order valence-corrected chi connectivity index (χ4v) is 2.98. The molecular formula is C16H19N3O2. The van der Waals surface area contributed by atoms with E-state index in [2.05, 4.69) is 15.5 Å². The lowest BCUT2D eigenvalue weighted by molar-refractivity contribution is 0.0690. The van der Waals surface area contributed by atoms with Gasteiger partial charge in [-0.25, -0.2) is 4.79 Å². The molecule has 0 aliphatic heterocycles. The monoisotopic (exact) mass is 285 g/mol. The summed E-state index contributed by atoms with van der Waals surface area (Å²) in [6.45, 7) is 0. The van der Waals surface area contributed by atoms with E-state index in [-0.39, 0.29) is 5.69 Å². The Hall–Kier alpha value is -2.17. The molecule has 1 aromatic heterocycles. The molecule has 1 saturated carbocycles. The largest absolute Gasteiger partial charge is 0.476 e. The third-order valence-electron chi connectivity index (χ3n) is 4.07. The summed E-state index contributed by atoms with van der Waals surface area (Å²) in [5.41, 5.74) is 1.34. The van der Waals surface area contributed by atoms with Gasteiger partial charge in [0.2, 0.25) is 0 Å². The highest BCUT2D eigenvalue weighted by atomic mass is 16.4. The number of fused-ring (bicyclic) bond motifs is 1. The summed E-state index contributed by atoms with van der Waals surface area (Å²) in [4.78, 5) is 11.4. The van der Waals surface area contributed by atoms with Gasteiger partial charge in [0.15, 0.2) is 5.69 Å². The van der Waals surface area contributed by atoms with Gasteiger partial charge in [0, 0.05) is 11.4 Å². The van der Waals surface area contributed by atoms with Gasteiger partial charge in [-0.3, -0.25) is 0 Å². The van der Waals surface area contributed by atoms with E-state index in [1.165, 1.54) is 25.7 Å². The van der Waals surface area contributed by atoms with Crippen LogP contribution in [0, 0.1) is 0 Å². The topological polar surface area (TPSA) is 75.1 Å². The Labute approximate surface area is 123 Å². The zero-order valence-corrected chi connectivity index (χ0v) is 11.9. The van der Waals surface area contributed by atoms with Crippen LogP contribution in [0.15, 0.2) is 24.3 Å². The minimum absolute atomic E-state index is 0.0120. The Kier molecular flexibility index (Phi) is 3.99. The molecule has 110 valence electrons. The number of rotatable bonds is 3. The molecule has 1 heterocycles. The second-order valence-corrected chi connectivity index (χ2v) is 5.58. The molecule has 0 atom stereocenters. The normalized spacial score (nSPS) is 16.6. The average Bonchev–Trinajstić information content (AvgIpc) is 2.76. The number of aromatic carboxylic acids is 1. The van der Waals surface area contributed by atoms with Crippen molar-refractivity contribution < 1.29 is 9.90 Å². The molecule has 1 fully saturated rings. The Balaban J connectivity index is 2.01. The number of benzene rings is 1. The van der Waals surface area contributed by atoms with Crippen molar-refractivity contribution in [2.45, 2.75) is 44.6 Å². The maximum absolute atomic E-state index is 11.4. The predicted octanol–water partition coefficient (Wildman–Crippen LogP) is 3.46. The van der Waals surface area contributed by atoms with Crippen LogP contribution in [0.2, 0.25) is 0 Å². The summed E-state index contributed by atoms with van der Waals surface area (Å²) in [7, 11) is 0. The highest BCUT2D eigenvalue weighted by molar-refractivity contribution is 6.02. The summed E-state index contributed by atoms with van der Waals surface area (Å²) in [6, 6.07) is 7.85. The number of nitrogens with zero attached hydrogens (tertiary/aromatic N) is 2. The first kappa shape index (κ1) is 13.8. The number of carboxylic acid groups (broad SMARTS) is 1. The first-order chi connectivity index (χ1) is 10.3. The van der Waals surface area contributed by atoms with Gasteiger partial charge in [-0.2, -0.15) is 0 Å². The van der Waals surface area contributed by atoms with Crippen LogP contribution in [0.1, 0.15) is 49.0 Å². The molecular weight excluding hydrogens is 266 g/mol. The minimum Gasteiger partial charge on any atom is -0.476 e. The predicted molar refractivity (Wildman–Crippen MR) is 81.6 cm³/mol. The van der Waals surface area contributed by atoms with Crippen molar-refractivity contribution in [1.82, 2.24) is 10.2 Å². The molecule has 1 aliphatic rings. The molecule has 3 rings (SSSR count). The molecule has 5 nitrogen and oxygen atoms in total. The zero-order chi connectivity index (χ0) is 14.7. The van der Waals surface area contributed by atoms with Crippen LogP contribution < -0.4 is 5.32 Å². The third kappa shape index (κ3) is 2.96. The van der Waals surface area contributed by atoms with Crippen molar-refractivity contribution in [1.29, 1.82) is 0 Å². The summed E-state index contributed by atoms with van der Waals surface area (Å²) in [5, 5.41) is 21.5. The van der Waals surface area contributed by atoms with E-state index in [0.29, 0.717) is 11.7 Å². The summed E-state index contributed by atoms with van der Waals surface area (Å²) < 4.78 is 0. The second kappa shape index (κ2) is 6.08. The van der Waals surface area contributed by atoms with Crippen molar-refractivity contribution >= 4 is 22.6 Å². The fraction of sp³-hybridized carbons (Fsp3) is 0.438. The molecule has 0 radical (unpaired) electrons. The zero-order valence-electron chi connectivity index (χ0n) is 11.9. The van der Waals surface area contributed by atoms with Crippen LogP contribution in [-0.2, 0) is 0 Å². The van der Waals surface area contributed by atoms with Crippen LogP contribution in [-0.4, -0.2) is 27.3 Å². The van der Waals surface area contributed by atoms with Crippen molar-refractivity contribution in [2.75, 3.05) is 5.32 Å². The molecule has 21 heavy (non-hydrogen) atoms. The number of hydrogen-bond acceptors (Lipinski definition) is 4. The van der Waals surface area contributed by atoms with E-state index in [4.69, 9.17) is 0 Å². The van der Waals surface area contributed by atoms with Crippen LogP contribution in [0.4, 0.5) is 5.69 Å². The van der Waals surface area contributed by atoms with E-state index in [1.807, 2.05) is 24.3 Å². The van der Waals surface area contributed by atoms with E-state index in [1.54, 1.807) is 0 Å². The standard InChI is InChI=1S/C16H19N3O2/c20-16(21)15-14(17-11-7-3-1-2-4-8-11)12-9-5-6-10-13(12)18-19-15/h5-6,9-11H,1-4,7-8H2,(H,17,18)(H,20,21). The second-order valence-electron chi connectivity index (χ2n) is 5.58. The molecule has 2 N–H and O–H groups in total. The van der Waals surface area contributed by atoms with Gasteiger partial charge >= 0.3 is 5.97 Å². The Morgan fingerprint density at radius 1 is 1.10 bits per heavy atom. The first-order valence-corrected chi connectivity index (χ1v) is 7.51. The van der Waals surface area contributed by atoms with E-state index in [0.717, 1.165) is 23.7 Å². The Bertz CT molecular complexity index is 649. The number of aromatic nitrogens is 2. The highest BCUT2D eigenvalue weighted by Crippen LogP contribution is 2.28. The molecule has 2 aromatic rings. The maximum Gasteiger partial charge on any atom is 0.358 e. The average molecular weight is 285 g/mol. The van der Waals surface area contributed by atoms with E-state index in [9.17, 15) is 9.90 Å². The lowest BCUT2D eigenvalue weighted by atomic mass is 10.1. The molecule has 5 heteroatoms.